The van der Waals surface area contributed by atoms with Crippen LogP contribution in [0.25, 0.3) is 0 Å². The monoisotopic (exact) mass is 197 g/mol. The Kier molecular flexibility index (Phi) is 4.26. The molecule has 1 unspecified atom stereocenters. The molecule has 0 aromatic carbocycles. The van der Waals surface area contributed by atoms with Crippen molar-refractivity contribution in [3.05, 3.63) is 0 Å². The summed E-state index contributed by atoms with van der Waals surface area (Å²) in [5.41, 5.74) is 0. The van der Waals surface area contributed by atoms with Crippen LogP contribution in [-0.2, 0) is 4.74 Å². The number of hydrogen-bond donors (Lipinski definition) is 1. The van der Waals surface area contributed by atoms with Crippen molar-refractivity contribution < 1.29 is 4.74 Å². The SMILES string of the molecule is C1CCC(CCC2CCNCC2)OC1. The Morgan fingerprint density at radius 3 is 2.57 bits per heavy atom. The summed E-state index contributed by atoms with van der Waals surface area (Å²) in [5, 5.41) is 3.42. The Labute approximate surface area is 87.4 Å². The first-order valence-corrected chi connectivity index (χ1v) is 6.27. The summed E-state index contributed by atoms with van der Waals surface area (Å²) >= 11 is 0. The lowest BCUT2D eigenvalue weighted by atomic mass is 9.91. The van der Waals surface area contributed by atoms with Gasteiger partial charge in [0.05, 0.1) is 6.10 Å². The molecule has 0 aromatic heterocycles. The van der Waals surface area contributed by atoms with Gasteiger partial charge >= 0.3 is 0 Å². The molecule has 2 nitrogen and oxygen atoms in total. The Balaban J connectivity index is 1.60. The first-order valence-electron chi connectivity index (χ1n) is 6.27. The predicted octanol–water partition coefficient (Wildman–Crippen LogP) is 2.34. The zero-order valence-corrected chi connectivity index (χ0v) is 9.13. The summed E-state index contributed by atoms with van der Waals surface area (Å²) in [6.45, 7) is 3.48. The van der Waals surface area contributed by atoms with Crippen LogP contribution < -0.4 is 5.32 Å². The van der Waals surface area contributed by atoms with Crippen LogP contribution >= 0.6 is 0 Å². The molecule has 0 aromatic rings. The summed E-state index contributed by atoms with van der Waals surface area (Å²) in [4.78, 5) is 0. The number of ether oxygens (including phenoxy) is 1. The highest BCUT2D eigenvalue weighted by Crippen LogP contribution is 2.23. The van der Waals surface area contributed by atoms with Gasteiger partial charge in [0.25, 0.3) is 0 Å². The van der Waals surface area contributed by atoms with Crippen LogP contribution in [0, 0.1) is 5.92 Å². The molecular weight excluding hydrogens is 174 g/mol. The summed E-state index contributed by atoms with van der Waals surface area (Å²) < 4.78 is 5.75. The highest BCUT2D eigenvalue weighted by atomic mass is 16.5. The van der Waals surface area contributed by atoms with Crippen LogP contribution in [0.4, 0.5) is 0 Å². The van der Waals surface area contributed by atoms with Crippen LogP contribution in [-0.4, -0.2) is 25.8 Å². The van der Waals surface area contributed by atoms with E-state index in [2.05, 4.69) is 5.32 Å². The van der Waals surface area contributed by atoms with Gasteiger partial charge in [0.1, 0.15) is 0 Å². The smallest absolute Gasteiger partial charge is 0.0575 e. The Bertz CT molecular complexity index is 130. The molecule has 2 rings (SSSR count). The van der Waals surface area contributed by atoms with Crippen molar-refractivity contribution in [2.24, 2.45) is 5.92 Å². The average Bonchev–Trinajstić information content (AvgIpc) is 2.29. The van der Waals surface area contributed by atoms with Crippen LogP contribution in [0.5, 0.6) is 0 Å². The van der Waals surface area contributed by atoms with Crippen LogP contribution in [0.3, 0.4) is 0 Å². The van der Waals surface area contributed by atoms with E-state index < -0.39 is 0 Å². The van der Waals surface area contributed by atoms with Crippen molar-refractivity contribution in [3.8, 4) is 0 Å². The fourth-order valence-corrected chi connectivity index (χ4v) is 2.63. The van der Waals surface area contributed by atoms with E-state index in [0.717, 1.165) is 12.5 Å². The van der Waals surface area contributed by atoms with Crippen molar-refractivity contribution >= 4 is 0 Å². The Hall–Kier alpha value is -0.0800. The number of rotatable bonds is 3. The quantitative estimate of drug-likeness (QED) is 0.750. The molecule has 2 saturated heterocycles. The lowest BCUT2D eigenvalue weighted by Crippen LogP contribution is -2.28. The van der Waals surface area contributed by atoms with Gasteiger partial charge in [0.2, 0.25) is 0 Å². The molecular formula is C12H23NO. The number of nitrogens with one attached hydrogen (secondary N) is 1. The third-order valence-electron chi connectivity index (χ3n) is 3.63. The second-order valence-corrected chi connectivity index (χ2v) is 4.76. The summed E-state index contributed by atoms with van der Waals surface area (Å²) in [7, 11) is 0. The van der Waals surface area contributed by atoms with Crippen LogP contribution in [0.15, 0.2) is 0 Å². The lowest BCUT2D eigenvalue weighted by Gasteiger charge is -2.27. The molecule has 1 atom stereocenters. The minimum Gasteiger partial charge on any atom is -0.378 e. The zero-order chi connectivity index (χ0) is 9.64. The highest BCUT2D eigenvalue weighted by Gasteiger charge is 2.17. The maximum atomic E-state index is 5.75. The van der Waals surface area contributed by atoms with Crippen molar-refractivity contribution in [2.75, 3.05) is 19.7 Å². The second kappa shape index (κ2) is 5.72. The van der Waals surface area contributed by atoms with Crippen molar-refractivity contribution in [2.45, 2.75) is 51.0 Å². The second-order valence-electron chi connectivity index (χ2n) is 4.76. The third-order valence-corrected chi connectivity index (χ3v) is 3.63. The number of piperidine rings is 1. The molecule has 2 fully saturated rings. The van der Waals surface area contributed by atoms with E-state index in [0.29, 0.717) is 6.10 Å². The minimum atomic E-state index is 0.596. The van der Waals surface area contributed by atoms with Crippen molar-refractivity contribution in [1.29, 1.82) is 0 Å². The molecule has 14 heavy (non-hydrogen) atoms. The van der Waals surface area contributed by atoms with Gasteiger partial charge in [-0.05, 0) is 64.0 Å². The van der Waals surface area contributed by atoms with Gasteiger partial charge in [-0.1, -0.05) is 0 Å². The number of hydrogen-bond acceptors (Lipinski definition) is 2. The van der Waals surface area contributed by atoms with Crippen LogP contribution in [0.2, 0.25) is 0 Å². The molecule has 0 radical (unpaired) electrons. The first-order chi connectivity index (χ1) is 6.95. The molecule has 1 N–H and O–H groups in total. The molecule has 0 spiro atoms. The van der Waals surface area contributed by atoms with Crippen molar-refractivity contribution in [1.82, 2.24) is 5.32 Å². The van der Waals surface area contributed by atoms with Crippen LogP contribution in [0.1, 0.15) is 44.9 Å². The molecule has 0 amide bonds. The summed E-state index contributed by atoms with van der Waals surface area (Å²) in [6.07, 6.45) is 10.0. The van der Waals surface area contributed by atoms with E-state index in [9.17, 15) is 0 Å². The summed E-state index contributed by atoms with van der Waals surface area (Å²) in [5.74, 6) is 0.974. The first kappa shape index (κ1) is 10.4. The Morgan fingerprint density at radius 1 is 1.00 bits per heavy atom. The van der Waals surface area contributed by atoms with E-state index in [1.54, 1.807) is 0 Å². The zero-order valence-electron chi connectivity index (χ0n) is 9.13. The van der Waals surface area contributed by atoms with Gasteiger partial charge in [-0.15, -0.1) is 0 Å². The molecule has 2 heterocycles. The molecule has 0 bridgehead atoms. The van der Waals surface area contributed by atoms with E-state index in [1.807, 2.05) is 0 Å². The maximum Gasteiger partial charge on any atom is 0.0575 e. The standard InChI is InChI=1S/C12H23NO/c1-2-10-14-12(3-1)5-4-11-6-8-13-9-7-11/h11-13H,1-10H2. The normalized spacial score (nSPS) is 30.4. The van der Waals surface area contributed by atoms with E-state index in [4.69, 9.17) is 4.74 Å². The largest absolute Gasteiger partial charge is 0.378 e. The fourth-order valence-electron chi connectivity index (χ4n) is 2.63. The van der Waals surface area contributed by atoms with E-state index in [1.165, 1.54) is 58.0 Å². The topological polar surface area (TPSA) is 21.3 Å². The summed E-state index contributed by atoms with van der Waals surface area (Å²) in [6, 6.07) is 0. The average molecular weight is 197 g/mol. The Morgan fingerprint density at radius 2 is 1.86 bits per heavy atom. The predicted molar refractivity (Wildman–Crippen MR) is 58.4 cm³/mol. The minimum absolute atomic E-state index is 0.596. The molecule has 2 heteroatoms. The van der Waals surface area contributed by atoms with Gasteiger partial charge in [-0.3, -0.25) is 0 Å². The van der Waals surface area contributed by atoms with Gasteiger partial charge in [0.15, 0.2) is 0 Å². The van der Waals surface area contributed by atoms with Gasteiger partial charge in [-0.2, -0.15) is 0 Å². The molecule has 2 aliphatic rings. The molecule has 0 aliphatic carbocycles. The van der Waals surface area contributed by atoms with E-state index >= 15 is 0 Å². The van der Waals surface area contributed by atoms with Gasteiger partial charge in [-0.25, -0.2) is 0 Å². The highest BCUT2D eigenvalue weighted by molar-refractivity contribution is 4.71. The maximum absolute atomic E-state index is 5.75. The molecule has 2 aliphatic heterocycles. The van der Waals surface area contributed by atoms with E-state index in [-0.39, 0.29) is 0 Å². The van der Waals surface area contributed by atoms with Gasteiger partial charge in [0, 0.05) is 6.61 Å². The fraction of sp³-hybridized carbons (Fsp3) is 1.00. The van der Waals surface area contributed by atoms with Crippen molar-refractivity contribution in [3.63, 3.8) is 0 Å². The lowest BCUT2D eigenvalue weighted by molar-refractivity contribution is 0.00688. The third kappa shape index (κ3) is 3.25. The molecule has 0 saturated carbocycles. The molecule has 82 valence electrons. The van der Waals surface area contributed by atoms with Gasteiger partial charge < -0.3 is 10.1 Å².